The number of hydrogen-bond acceptors (Lipinski definition) is 17. The first kappa shape index (κ1) is 97.3. The zero-order valence-electron chi connectivity index (χ0n) is 71.8. The first-order chi connectivity index (χ1) is 63.6. The molecule has 26 nitrogen and oxygen atoms in total. The summed E-state index contributed by atoms with van der Waals surface area (Å²) in [5, 5.41) is 23.3. The number of rotatable bonds is 18. The molecule has 4 aromatic heterocycles. The second-order valence-electron chi connectivity index (χ2n) is 31.1. The van der Waals surface area contributed by atoms with Crippen LogP contribution >= 0.6 is 92.8 Å². The lowest BCUT2D eigenvalue weighted by molar-refractivity contribution is -0.130. The number of aliphatic hydroxyl groups is 1. The van der Waals surface area contributed by atoms with E-state index in [0.29, 0.717) is 195 Å². The molecule has 678 valence electrons. The number of β-amino-alcohol motifs (C(OH)–C–C–N with tert-alkyl or cyclic N) is 1. The van der Waals surface area contributed by atoms with Gasteiger partial charge in [0, 0.05) is 210 Å². The van der Waals surface area contributed by atoms with Crippen LogP contribution in [0.25, 0.3) is 45.0 Å². The number of likely N-dealkylation sites (N-methyl/N-ethyl adjacent to an activating group) is 2. The Balaban J connectivity index is 0.000000150. The Labute approximate surface area is 803 Å². The van der Waals surface area contributed by atoms with Gasteiger partial charge in [0.05, 0.1) is 91.8 Å². The highest BCUT2D eigenvalue weighted by Gasteiger charge is 2.30. The molecule has 4 fully saturated rings. The van der Waals surface area contributed by atoms with Gasteiger partial charge in [0.1, 0.15) is 0 Å². The molecule has 0 atom stereocenters. The van der Waals surface area contributed by atoms with Crippen molar-refractivity contribution in [2.45, 2.75) is 6.92 Å². The quantitative estimate of drug-likeness (QED) is 0.0533. The third kappa shape index (κ3) is 25.5. The van der Waals surface area contributed by atoms with E-state index in [4.69, 9.17) is 97.9 Å². The van der Waals surface area contributed by atoms with Gasteiger partial charge in [0.25, 0.3) is 47.3 Å². The van der Waals surface area contributed by atoms with Crippen molar-refractivity contribution in [2.24, 2.45) is 0 Å². The Bertz CT molecular complexity index is 6030. The van der Waals surface area contributed by atoms with Crippen LogP contribution in [0.1, 0.15) is 89.8 Å². The summed E-state index contributed by atoms with van der Waals surface area (Å²) in [6.45, 7) is 12.7. The molecule has 4 saturated heterocycles. The molecule has 5 N–H and O–H groups in total. The number of carbonyl (C=O) groups excluding carboxylic acids is 9. The van der Waals surface area contributed by atoms with Crippen LogP contribution in [0.15, 0.2) is 243 Å². The molecule has 8 heterocycles. The molecule has 0 aliphatic carbocycles. The first-order valence-corrected chi connectivity index (χ1v) is 45.1. The maximum atomic E-state index is 12.9. The largest absolute Gasteiger partial charge is 0.395 e. The number of amides is 9. The van der Waals surface area contributed by atoms with Gasteiger partial charge in [-0.15, -0.1) is 0 Å². The van der Waals surface area contributed by atoms with E-state index in [9.17, 15) is 43.2 Å². The summed E-state index contributed by atoms with van der Waals surface area (Å²) in [5.41, 5.74) is 10.7. The number of pyridine rings is 4. The summed E-state index contributed by atoms with van der Waals surface area (Å²) >= 11 is 50.8. The Kier molecular flexibility index (Phi) is 34.1. The number of benzene rings is 8. The highest BCUT2D eigenvalue weighted by molar-refractivity contribution is 6.38. The van der Waals surface area contributed by atoms with Crippen LogP contribution < -0.4 is 21.3 Å². The first-order valence-electron chi connectivity index (χ1n) is 42.0. The van der Waals surface area contributed by atoms with Gasteiger partial charge in [-0.3, -0.25) is 68.0 Å². The topological polar surface area (TPSA) is 299 Å². The summed E-state index contributed by atoms with van der Waals surface area (Å²) in [6.07, 6.45) is 6.71. The summed E-state index contributed by atoms with van der Waals surface area (Å²) < 4.78 is 0. The summed E-state index contributed by atoms with van der Waals surface area (Å²) in [4.78, 5) is 147. The minimum absolute atomic E-state index is 0.00153. The number of carbonyl (C=O) groups is 9. The average Bonchev–Trinajstić information content (AvgIpc) is 0.820. The van der Waals surface area contributed by atoms with Gasteiger partial charge in [-0.2, -0.15) is 0 Å². The fourth-order valence-electron chi connectivity index (χ4n) is 14.7. The molecule has 0 spiro atoms. The molecular formula is C98H90Cl8N16O10. The van der Waals surface area contributed by atoms with Crippen LogP contribution in [0.3, 0.4) is 0 Å². The highest BCUT2D eigenvalue weighted by Crippen LogP contribution is 2.36. The van der Waals surface area contributed by atoms with Crippen molar-refractivity contribution in [2.75, 3.05) is 153 Å². The lowest BCUT2D eigenvalue weighted by Crippen LogP contribution is -2.50. The van der Waals surface area contributed by atoms with Crippen molar-refractivity contribution >= 4 is 169 Å². The maximum Gasteiger partial charge on any atom is 0.257 e. The van der Waals surface area contributed by atoms with E-state index >= 15 is 0 Å². The smallest absolute Gasteiger partial charge is 0.257 e. The van der Waals surface area contributed by atoms with Gasteiger partial charge < -0.3 is 60.7 Å². The fraction of sp³-hybridized carbons (Fsp3) is 0.214. The number of aromatic nitrogens is 4. The van der Waals surface area contributed by atoms with E-state index in [-0.39, 0.29) is 90.3 Å². The number of hydrogen-bond donors (Lipinski definition) is 5. The number of anilines is 4. The van der Waals surface area contributed by atoms with Crippen molar-refractivity contribution in [3.63, 3.8) is 0 Å². The number of aliphatic hydroxyl groups excluding tert-OH is 1. The Hall–Kier alpha value is -12.3. The van der Waals surface area contributed by atoms with Crippen LogP contribution in [-0.2, 0) is 4.79 Å². The molecule has 4 aliphatic rings. The second-order valence-corrected chi connectivity index (χ2v) is 34.3. The molecule has 8 aromatic carbocycles. The van der Waals surface area contributed by atoms with E-state index in [0.717, 1.165) is 26.2 Å². The number of nitrogens with one attached hydrogen (secondary N) is 4. The van der Waals surface area contributed by atoms with Gasteiger partial charge in [0.15, 0.2) is 0 Å². The molecule has 34 heteroatoms. The summed E-state index contributed by atoms with van der Waals surface area (Å²) in [7, 11) is 4.07. The van der Waals surface area contributed by atoms with Crippen LogP contribution in [0, 0.1) is 0 Å². The number of nitrogens with zero attached hydrogens (tertiary/aromatic N) is 12. The minimum Gasteiger partial charge on any atom is -0.395 e. The molecule has 16 rings (SSSR count). The lowest BCUT2D eigenvalue weighted by Gasteiger charge is -2.34. The third-order valence-corrected chi connectivity index (χ3v) is 24.7. The van der Waals surface area contributed by atoms with Crippen molar-refractivity contribution < 1.29 is 48.3 Å². The van der Waals surface area contributed by atoms with Crippen molar-refractivity contribution in [3.8, 4) is 45.0 Å². The standard InChI is InChI=1S/C25H22Cl2N4O3.C25H24Cl2N4O3.2C24H22Cl2N4O2/c1-16(32)30-10-12-31(13-11-30)25(34)17-5-7-19(22(27)14-17)24(33)29-18-6-8-21(26)20(15-18)23-4-2-3-9-28-23;26-21-7-5-18(16-20(21)23-3-1-2-8-28-23)29-24(33)19-6-4-17(15-22(19)27)25(34)31-11-9-30(10-12-31)13-14-32;2*1-29-10-12-30(13-11-29)24(32)16-5-7-18(21(26)14-16)23(31)28-17-6-8-20(25)19(15-17)22-4-2-3-9-27-22/h2-9,14-15H,10-13H2,1H3,(H,29,33);1-8,15-16,32H,9-14H2,(H,29,33);2*2-9,14-15H,10-13H2,1H3,(H,28,31). The van der Waals surface area contributed by atoms with Gasteiger partial charge in [-0.25, -0.2) is 0 Å². The molecule has 132 heavy (non-hydrogen) atoms. The van der Waals surface area contributed by atoms with Crippen molar-refractivity contribution in [3.05, 3.63) is 328 Å². The zero-order chi connectivity index (χ0) is 93.6. The summed E-state index contributed by atoms with van der Waals surface area (Å²) in [5.74, 6) is -2.02. The molecule has 0 saturated carbocycles. The SMILES string of the molecule is CC(=O)N1CCN(C(=O)c2ccc(C(=O)Nc3ccc(Cl)c(-c4ccccn4)c3)c(Cl)c2)CC1.CN1CCN(C(=O)c2ccc(C(=O)Nc3ccc(Cl)c(-c4ccccn4)c3)c(Cl)c2)CC1.CN1CCN(C(=O)c2ccc(C(=O)Nc3ccc(Cl)c(-c4ccccn4)c3)c(Cl)c2)CC1.O=C(Nc1ccc(Cl)c(-c2ccccn2)c1)c1ccc(C(=O)N2CCN(CCO)CC2)cc1Cl. The Morgan fingerprint density at radius 3 is 0.742 bits per heavy atom. The molecule has 0 unspecified atom stereocenters. The second kappa shape index (κ2) is 46.2. The Morgan fingerprint density at radius 1 is 0.288 bits per heavy atom. The van der Waals surface area contributed by atoms with Crippen LogP contribution in [0.5, 0.6) is 0 Å². The maximum absolute atomic E-state index is 12.9. The fourth-order valence-corrected chi connectivity index (χ4v) is 16.6. The van der Waals surface area contributed by atoms with Gasteiger partial charge in [-0.05, 0) is 208 Å². The van der Waals surface area contributed by atoms with Gasteiger partial charge >= 0.3 is 0 Å². The van der Waals surface area contributed by atoms with Crippen molar-refractivity contribution in [1.29, 1.82) is 0 Å². The molecular weight excluding hydrogens is 1840 g/mol. The zero-order valence-corrected chi connectivity index (χ0v) is 77.9. The number of piperazine rings is 4. The highest BCUT2D eigenvalue weighted by atomic mass is 35.5. The monoisotopic (exact) mass is 1930 g/mol. The van der Waals surface area contributed by atoms with Crippen LogP contribution in [0.2, 0.25) is 40.2 Å². The van der Waals surface area contributed by atoms with Gasteiger partial charge in [-0.1, -0.05) is 117 Å². The normalized spacial score (nSPS) is 14.0. The molecule has 4 aliphatic heterocycles. The van der Waals surface area contributed by atoms with E-state index in [1.165, 1.54) is 25.1 Å². The lowest BCUT2D eigenvalue weighted by atomic mass is 10.1. The van der Waals surface area contributed by atoms with Gasteiger partial charge in [0.2, 0.25) is 5.91 Å². The van der Waals surface area contributed by atoms with Crippen molar-refractivity contribution in [1.82, 2.24) is 59.1 Å². The molecule has 0 bridgehead atoms. The molecule has 12 aromatic rings. The average molecular weight is 1940 g/mol. The summed E-state index contributed by atoms with van der Waals surface area (Å²) in [6, 6.07) is 61.6. The van der Waals surface area contributed by atoms with E-state index in [2.05, 4.69) is 55.9 Å². The Morgan fingerprint density at radius 2 is 0.523 bits per heavy atom. The van der Waals surface area contributed by atoms with E-state index < -0.39 is 11.8 Å². The van der Waals surface area contributed by atoms with E-state index in [1.54, 1.807) is 177 Å². The molecule has 0 radical (unpaired) electrons. The predicted molar refractivity (Wildman–Crippen MR) is 521 cm³/mol. The predicted octanol–water partition coefficient (Wildman–Crippen LogP) is 18.1. The third-order valence-electron chi connectivity index (χ3n) is 22.2. The number of halogens is 8. The molecule has 9 amide bonds. The van der Waals surface area contributed by atoms with Crippen LogP contribution in [0.4, 0.5) is 22.7 Å². The minimum atomic E-state index is -0.409. The van der Waals surface area contributed by atoms with Crippen LogP contribution in [-0.4, -0.2) is 249 Å². The van der Waals surface area contributed by atoms with E-state index in [1.807, 2.05) is 86.9 Å².